The van der Waals surface area contributed by atoms with Gasteiger partial charge in [0.05, 0.1) is 4.90 Å². The summed E-state index contributed by atoms with van der Waals surface area (Å²) >= 11 is 0. The van der Waals surface area contributed by atoms with Gasteiger partial charge < -0.3 is 0 Å². The molecule has 0 radical (unpaired) electrons. The van der Waals surface area contributed by atoms with Crippen molar-refractivity contribution < 1.29 is 8.42 Å². The van der Waals surface area contributed by atoms with E-state index in [0.29, 0.717) is 11.4 Å². The fraction of sp³-hybridized carbons (Fsp3) is 0.600. The lowest BCUT2D eigenvalue weighted by Gasteiger charge is -2.26. The maximum Gasteiger partial charge on any atom is 0.243 e. The molecule has 4 heteroatoms. The van der Waals surface area contributed by atoms with Gasteiger partial charge in [-0.1, -0.05) is 38.0 Å². The highest BCUT2D eigenvalue weighted by Crippen LogP contribution is 2.22. The van der Waals surface area contributed by atoms with Crippen LogP contribution in [0, 0.1) is 6.92 Å². The molecule has 3 nitrogen and oxygen atoms in total. The molecule has 0 heterocycles. The molecule has 0 bridgehead atoms. The van der Waals surface area contributed by atoms with Crippen LogP contribution in [-0.2, 0) is 10.0 Å². The number of benzene rings is 1. The van der Waals surface area contributed by atoms with Crippen molar-refractivity contribution in [2.24, 2.45) is 0 Å². The molecule has 0 aliphatic rings. The van der Waals surface area contributed by atoms with Crippen LogP contribution in [-0.4, -0.2) is 25.3 Å². The van der Waals surface area contributed by atoms with E-state index in [4.69, 9.17) is 0 Å². The van der Waals surface area contributed by atoms with Crippen LogP contribution in [0.25, 0.3) is 0 Å². The number of hydrogen-bond donors (Lipinski definition) is 0. The predicted molar refractivity (Wildman–Crippen MR) is 79.7 cm³/mol. The molecule has 0 aliphatic heterocycles. The molecule has 0 aliphatic carbocycles. The Morgan fingerprint density at radius 1 is 1.16 bits per heavy atom. The summed E-state index contributed by atoms with van der Waals surface area (Å²) in [5, 5.41) is 0. The van der Waals surface area contributed by atoms with Crippen LogP contribution >= 0.6 is 0 Å². The van der Waals surface area contributed by atoms with E-state index in [1.54, 1.807) is 16.4 Å². The lowest BCUT2D eigenvalue weighted by molar-refractivity contribution is 0.345. The second kappa shape index (κ2) is 7.06. The van der Waals surface area contributed by atoms with Gasteiger partial charge in [0.1, 0.15) is 0 Å². The standard InChI is InChI=1S/C15H25NO2S/c1-5-6-9-12-16(13(2)3)19(17,18)15-11-8-7-10-14(15)4/h7-8,10-11,13H,5-6,9,12H2,1-4H3. The first-order valence-corrected chi connectivity index (χ1v) is 8.42. The zero-order valence-electron chi connectivity index (χ0n) is 12.4. The predicted octanol–water partition coefficient (Wildman–Crippen LogP) is 3.58. The van der Waals surface area contributed by atoms with Crippen LogP contribution in [0.15, 0.2) is 29.2 Å². The normalized spacial score (nSPS) is 12.3. The molecule has 0 amide bonds. The van der Waals surface area contributed by atoms with Crippen LogP contribution in [0.4, 0.5) is 0 Å². The van der Waals surface area contributed by atoms with Crippen molar-refractivity contribution in [3.05, 3.63) is 29.8 Å². The average Bonchev–Trinajstić information content (AvgIpc) is 2.34. The first-order chi connectivity index (χ1) is 8.91. The Morgan fingerprint density at radius 2 is 1.79 bits per heavy atom. The second-order valence-electron chi connectivity index (χ2n) is 5.18. The van der Waals surface area contributed by atoms with Gasteiger partial charge in [-0.2, -0.15) is 4.31 Å². The quantitative estimate of drug-likeness (QED) is 0.717. The lowest BCUT2D eigenvalue weighted by Crippen LogP contribution is -2.38. The Labute approximate surface area is 117 Å². The van der Waals surface area contributed by atoms with Crippen LogP contribution in [0.1, 0.15) is 45.6 Å². The summed E-state index contributed by atoms with van der Waals surface area (Å²) in [7, 11) is -3.38. The van der Waals surface area contributed by atoms with Crippen LogP contribution in [0.5, 0.6) is 0 Å². The monoisotopic (exact) mass is 283 g/mol. The molecular weight excluding hydrogens is 258 g/mol. The van der Waals surface area contributed by atoms with Crippen molar-refractivity contribution in [3.8, 4) is 0 Å². The van der Waals surface area contributed by atoms with Crippen molar-refractivity contribution >= 4 is 10.0 Å². The molecule has 0 saturated carbocycles. The molecule has 1 rings (SSSR count). The zero-order chi connectivity index (χ0) is 14.5. The Kier molecular flexibility index (Phi) is 6.01. The summed E-state index contributed by atoms with van der Waals surface area (Å²) in [6.45, 7) is 8.43. The Balaban J connectivity index is 3.03. The van der Waals surface area contributed by atoms with E-state index in [9.17, 15) is 8.42 Å². The van der Waals surface area contributed by atoms with E-state index in [0.717, 1.165) is 24.8 Å². The fourth-order valence-corrected chi connectivity index (χ4v) is 4.05. The summed E-state index contributed by atoms with van der Waals surface area (Å²) in [4.78, 5) is 0.431. The minimum atomic E-state index is -3.38. The van der Waals surface area contributed by atoms with Crippen molar-refractivity contribution in [3.63, 3.8) is 0 Å². The summed E-state index contributed by atoms with van der Waals surface area (Å²) in [5.74, 6) is 0. The van der Waals surface area contributed by atoms with Gasteiger partial charge in [0.15, 0.2) is 0 Å². The van der Waals surface area contributed by atoms with Gasteiger partial charge in [-0.15, -0.1) is 0 Å². The number of sulfonamides is 1. The van der Waals surface area contributed by atoms with Gasteiger partial charge in [0.25, 0.3) is 0 Å². The summed E-state index contributed by atoms with van der Waals surface area (Å²) in [6.07, 6.45) is 3.07. The molecule has 0 unspecified atom stereocenters. The molecule has 0 saturated heterocycles. The third kappa shape index (κ3) is 4.05. The Morgan fingerprint density at radius 3 is 2.32 bits per heavy atom. The Bertz CT molecular complexity index is 495. The highest BCUT2D eigenvalue weighted by molar-refractivity contribution is 7.89. The van der Waals surface area contributed by atoms with Gasteiger partial charge in [-0.3, -0.25) is 0 Å². The van der Waals surface area contributed by atoms with Gasteiger partial charge in [0.2, 0.25) is 10.0 Å². The van der Waals surface area contributed by atoms with Crippen LogP contribution in [0.3, 0.4) is 0 Å². The fourth-order valence-electron chi connectivity index (χ4n) is 2.15. The van der Waals surface area contributed by atoms with Gasteiger partial charge in [0, 0.05) is 12.6 Å². The minimum Gasteiger partial charge on any atom is -0.207 e. The molecule has 1 aromatic rings. The number of aryl methyl sites for hydroxylation is 1. The largest absolute Gasteiger partial charge is 0.243 e. The van der Waals surface area contributed by atoms with E-state index in [2.05, 4.69) is 6.92 Å². The molecule has 19 heavy (non-hydrogen) atoms. The lowest BCUT2D eigenvalue weighted by atomic mass is 10.2. The topological polar surface area (TPSA) is 37.4 Å². The minimum absolute atomic E-state index is 0.0125. The smallest absolute Gasteiger partial charge is 0.207 e. The first kappa shape index (κ1) is 16.2. The molecule has 0 aromatic heterocycles. The van der Waals surface area contributed by atoms with Crippen molar-refractivity contribution in [2.45, 2.75) is 57.9 Å². The van der Waals surface area contributed by atoms with Crippen LogP contribution < -0.4 is 0 Å². The van der Waals surface area contributed by atoms with Gasteiger partial charge >= 0.3 is 0 Å². The third-order valence-corrected chi connectivity index (χ3v) is 5.47. The van der Waals surface area contributed by atoms with Gasteiger partial charge in [-0.25, -0.2) is 8.42 Å². The maximum absolute atomic E-state index is 12.7. The van der Waals surface area contributed by atoms with E-state index in [1.165, 1.54) is 0 Å². The maximum atomic E-state index is 12.7. The summed E-state index contributed by atoms with van der Waals surface area (Å²) < 4.78 is 27.0. The van der Waals surface area contributed by atoms with Crippen molar-refractivity contribution in [2.75, 3.05) is 6.54 Å². The number of hydrogen-bond acceptors (Lipinski definition) is 2. The van der Waals surface area contributed by atoms with Crippen molar-refractivity contribution in [1.82, 2.24) is 4.31 Å². The van der Waals surface area contributed by atoms with Crippen LogP contribution in [0.2, 0.25) is 0 Å². The highest BCUT2D eigenvalue weighted by Gasteiger charge is 2.27. The highest BCUT2D eigenvalue weighted by atomic mass is 32.2. The van der Waals surface area contributed by atoms with Gasteiger partial charge in [-0.05, 0) is 38.8 Å². The molecule has 108 valence electrons. The van der Waals surface area contributed by atoms with E-state index in [-0.39, 0.29) is 6.04 Å². The summed E-state index contributed by atoms with van der Waals surface area (Å²) in [5.41, 5.74) is 0.809. The first-order valence-electron chi connectivity index (χ1n) is 6.98. The number of nitrogens with zero attached hydrogens (tertiary/aromatic N) is 1. The van der Waals surface area contributed by atoms with E-state index < -0.39 is 10.0 Å². The number of rotatable bonds is 7. The average molecular weight is 283 g/mol. The molecule has 0 atom stereocenters. The zero-order valence-corrected chi connectivity index (χ0v) is 13.2. The van der Waals surface area contributed by atoms with E-state index >= 15 is 0 Å². The van der Waals surface area contributed by atoms with E-state index in [1.807, 2.05) is 32.9 Å². The number of unbranched alkanes of at least 4 members (excludes halogenated alkanes) is 2. The molecule has 0 N–H and O–H groups in total. The molecule has 0 fully saturated rings. The molecular formula is C15H25NO2S. The van der Waals surface area contributed by atoms with Crippen molar-refractivity contribution in [1.29, 1.82) is 0 Å². The Hall–Kier alpha value is -0.870. The SMILES string of the molecule is CCCCCN(C(C)C)S(=O)(=O)c1ccccc1C. The third-order valence-electron chi connectivity index (χ3n) is 3.24. The second-order valence-corrected chi connectivity index (χ2v) is 7.04. The summed E-state index contributed by atoms with van der Waals surface area (Å²) in [6, 6.07) is 7.17. The molecule has 1 aromatic carbocycles. The molecule has 0 spiro atoms.